The normalized spacial score (nSPS) is 16.0. The predicted octanol–water partition coefficient (Wildman–Crippen LogP) is 4.06. The van der Waals surface area contributed by atoms with E-state index in [9.17, 15) is 8.42 Å². The van der Waals surface area contributed by atoms with Gasteiger partial charge < -0.3 is 4.90 Å². The van der Waals surface area contributed by atoms with Crippen molar-refractivity contribution in [3.05, 3.63) is 39.3 Å². The van der Waals surface area contributed by atoms with E-state index in [0.29, 0.717) is 0 Å². The maximum Gasteiger partial charge on any atom is 0.226 e. The van der Waals surface area contributed by atoms with Crippen molar-refractivity contribution in [2.45, 2.75) is 24.7 Å². The Balaban J connectivity index is 2.42. The number of aryl methyl sites for hydroxylation is 1. The molecule has 0 aliphatic carbocycles. The fourth-order valence-electron chi connectivity index (χ4n) is 2.09. The van der Waals surface area contributed by atoms with Gasteiger partial charge in [-0.2, -0.15) is 0 Å². The number of likely N-dealkylation sites (tertiary alicyclic amines) is 1. The van der Waals surface area contributed by atoms with Gasteiger partial charge in [0.1, 0.15) is 4.49 Å². The first kappa shape index (κ1) is 17.6. The molecule has 1 aromatic carbocycles. The molecule has 8 heteroatoms. The third kappa shape index (κ3) is 3.96. The number of rotatable bonds is 3. The van der Waals surface area contributed by atoms with Gasteiger partial charge in [-0.05, 0) is 43.5 Å². The Labute approximate surface area is 145 Å². The highest BCUT2D eigenvalue weighted by atomic mass is 35.5. The molecular weight excluding hydrogens is 367 g/mol. The lowest BCUT2D eigenvalue weighted by Gasteiger charge is -2.15. The van der Waals surface area contributed by atoms with E-state index in [2.05, 4.69) is 4.99 Å². The molecule has 0 saturated carbocycles. The molecule has 4 nitrogen and oxygen atoms in total. The second-order valence-corrected chi connectivity index (χ2v) is 8.11. The molecule has 1 aromatic rings. The first-order valence-corrected chi connectivity index (χ1v) is 9.30. The molecule has 1 aliphatic heterocycles. The standard InChI is InChI=1S/C14H15Cl3N2O2S/c1-10-4-6-11(7-5-10)22(20,21)13(12(15)16)18-14(17)19-8-2-3-9-19/h4-7H,2-3,8-9H2,1H3. The zero-order chi connectivity index (χ0) is 16.3. The molecule has 0 atom stereocenters. The molecule has 0 aromatic heterocycles. The zero-order valence-corrected chi connectivity index (χ0v) is 15.0. The summed E-state index contributed by atoms with van der Waals surface area (Å²) < 4.78 is 24.8. The number of sulfone groups is 1. The predicted molar refractivity (Wildman–Crippen MR) is 91.2 cm³/mol. The van der Waals surface area contributed by atoms with Crippen LogP contribution in [0, 0.1) is 6.92 Å². The van der Waals surface area contributed by atoms with Gasteiger partial charge in [-0.25, -0.2) is 13.4 Å². The summed E-state index contributed by atoms with van der Waals surface area (Å²) in [6, 6.07) is 6.36. The molecule has 0 spiro atoms. The highest BCUT2D eigenvalue weighted by molar-refractivity contribution is 7.95. The van der Waals surface area contributed by atoms with Crippen molar-refractivity contribution in [3.8, 4) is 0 Å². The fraction of sp³-hybridized carbons (Fsp3) is 0.357. The third-order valence-corrected chi connectivity index (χ3v) is 5.91. The largest absolute Gasteiger partial charge is 0.347 e. The number of amidine groups is 1. The van der Waals surface area contributed by atoms with Crippen LogP contribution in [0.25, 0.3) is 0 Å². The zero-order valence-electron chi connectivity index (χ0n) is 11.9. The Morgan fingerprint density at radius 2 is 1.64 bits per heavy atom. The second-order valence-electron chi connectivity index (χ2n) is 4.96. The summed E-state index contributed by atoms with van der Waals surface area (Å²) in [6.45, 7) is 3.34. The van der Waals surface area contributed by atoms with Crippen LogP contribution in [0.15, 0.2) is 43.7 Å². The monoisotopic (exact) mass is 380 g/mol. The number of hydrogen-bond acceptors (Lipinski definition) is 3. The molecule has 0 N–H and O–H groups in total. The molecule has 22 heavy (non-hydrogen) atoms. The third-order valence-electron chi connectivity index (χ3n) is 3.31. The Morgan fingerprint density at radius 1 is 1.09 bits per heavy atom. The molecule has 0 unspecified atom stereocenters. The highest BCUT2D eigenvalue weighted by Crippen LogP contribution is 2.28. The number of benzene rings is 1. The first-order chi connectivity index (χ1) is 10.3. The van der Waals surface area contributed by atoms with Crippen molar-refractivity contribution in [1.29, 1.82) is 0 Å². The van der Waals surface area contributed by atoms with Crippen molar-refractivity contribution in [2.24, 2.45) is 4.99 Å². The van der Waals surface area contributed by atoms with Crippen LogP contribution in [0.4, 0.5) is 0 Å². The molecular formula is C14H15Cl3N2O2S. The fourth-order valence-corrected chi connectivity index (χ4v) is 4.21. The van der Waals surface area contributed by atoms with Gasteiger partial charge in [0.25, 0.3) is 0 Å². The van der Waals surface area contributed by atoms with Gasteiger partial charge in [-0.15, -0.1) is 0 Å². The summed E-state index contributed by atoms with van der Waals surface area (Å²) in [6.07, 6.45) is 1.98. The molecule has 120 valence electrons. The topological polar surface area (TPSA) is 49.7 Å². The minimum atomic E-state index is -3.92. The van der Waals surface area contributed by atoms with E-state index in [1.165, 1.54) is 12.1 Å². The minimum absolute atomic E-state index is 0.0709. The van der Waals surface area contributed by atoms with Crippen molar-refractivity contribution < 1.29 is 8.42 Å². The molecule has 1 aliphatic rings. The number of hydrogen-bond donors (Lipinski definition) is 0. The molecule has 2 rings (SSSR count). The second kappa shape index (κ2) is 7.21. The number of aliphatic imine (C=N–C) groups is 1. The molecule has 0 bridgehead atoms. The summed E-state index contributed by atoms with van der Waals surface area (Å²) in [5.41, 5.74) is 0.944. The van der Waals surface area contributed by atoms with Gasteiger partial charge in [0.2, 0.25) is 9.84 Å². The smallest absolute Gasteiger partial charge is 0.226 e. The van der Waals surface area contributed by atoms with Gasteiger partial charge in [-0.1, -0.05) is 40.9 Å². The van der Waals surface area contributed by atoms with E-state index < -0.39 is 19.4 Å². The van der Waals surface area contributed by atoms with Crippen molar-refractivity contribution in [2.75, 3.05) is 13.1 Å². The van der Waals surface area contributed by atoms with Crippen LogP contribution in [-0.2, 0) is 9.84 Å². The van der Waals surface area contributed by atoms with Crippen molar-refractivity contribution in [3.63, 3.8) is 0 Å². The van der Waals surface area contributed by atoms with Crippen LogP contribution >= 0.6 is 34.8 Å². The Kier molecular flexibility index (Phi) is 5.77. The Hall–Kier alpha value is -0.750. The minimum Gasteiger partial charge on any atom is -0.347 e. The quantitative estimate of drug-likeness (QED) is 0.450. The van der Waals surface area contributed by atoms with Gasteiger partial charge in [-0.3, -0.25) is 0 Å². The van der Waals surface area contributed by atoms with E-state index in [1.807, 2.05) is 6.92 Å². The first-order valence-electron chi connectivity index (χ1n) is 6.68. The molecule has 1 saturated heterocycles. The van der Waals surface area contributed by atoms with Crippen LogP contribution in [0.2, 0.25) is 0 Å². The lowest BCUT2D eigenvalue weighted by Crippen LogP contribution is -2.24. The van der Waals surface area contributed by atoms with E-state index in [1.54, 1.807) is 17.0 Å². The van der Waals surface area contributed by atoms with Gasteiger partial charge in [0.15, 0.2) is 10.3 Å². The number of halogens is 3. The summed E-state index contributed by atoms with van der Waals surface area (Å²) in [7, 11) is -3.92. The maximum absolute atomic E-state index is 12.6. The van der Waals surface area contributed by atoms with Gasteiger partial charge in [0, 0.05) is 13.1 Å². The van der Waals surface area contributed by atoms with Gasteiger partial charge in [0.05, 0.1) is 4.90 Å². The van der Waals surface area contributed by atoms with E-state index in [4.69, 9.17) is 34.8 Å². The van der Waals surface area contributed by atoms with Crippen LogP contribution in [0.1, 0.15) is 18.4 Å². The maximum atomic E-state index is 12.6. The summed E-state index contributed by atoms with van der Waals surface area (Å²) >= 11 is 17.6. The van der Waals surface area contributed by atoms with Crippen molar-refractivity contribution >= 4 is 49.9 Å². The lowest BCUT2D eigenvalue weighted by molar-refractivity contribution is 0.528. The average Bonchev–Trinajstić information content (AvgIpc) is 2.98. The summed E-state index contributed by atoms with van der Waals surface area (Å²) in [5.74, 6) is 0. The lowest BCUT2D eigenvalue weighted by atomic mass is 10.2. The summed E-state index contributed by atoms with van der Waals surface area (Å²) in [5, 5.41) is -0.349. The highest BCUT2D eigenvalue weighted by Gasteiger charge is 2.25. The molecule has 0 radical (unpaired) electrons. The summed E-state index contributed by atoms with van der Waals surface area (Å²) in [4.78, 5) is 5.83. The van der Waals surface area contributed by atoms with Crippen LogP contribution in [0.3, 0.4) is 0 Å². The van der Waals surface area contributed by atoms with Crippen LogP contribution in [-0.4, -0.2) is 31.7 Å². The van der Waals surface area contributed by atoms with Crippen LogP contribution in [0.5, 0.6) is 0 Å². The molecule has 0 amide bonds. The molecule has 1 heterocycles. The van der Waals surface area contributed by atoms with E-state index >= 15 is 0 Å². The van der Waals surface area contributed by atoms with E-state index in [-0.39, 0.29) is 10.2 Å². The van der Waals surface area contributed by atoms with Crippen LogP contribution < -0.4 is 0 Å². The molecule has 1 fully saturated rings. The average molecular weight is 382 g/mol. The Morgan fingerprint density at radius 3 is 2.14 bits per heavy atom. The van der Waals surface area contributed by atoms with Crippen molar-refractivity contribution in [1.82, 2.24) is 4.90 Å². The SMILES string of the molecule is Cc1ccc(S(=O)(=O)C(N=C(Cl)N2CCCC2)=C(Cl)Cl)cc1. The number of nitrogens with zero attached hydrogens (tertiary/aromatic N) is 2. The van der Waals surface area contributed by atoms with E-state index in [0.717, 1.165) is 31.5 Å². The van der Waals surface area contributed by atoms with Gasteiger partial charge >= 0.3 is 0 Å². The Bertz CT molecular complexity index is 702.